The van der Waals surface area contributed by atoms with Gasteiger partial charge < -0.3 is 10.3 Å². The van der Waals surface area contributed by atoms with Gasteiger partial charge in [-0.05, 0) is 49.1 Å². The summed E-state index contributed by atoms with van der Waals surface area (Å²) in [4.78, 5) is 25.6. The van der Waals surface area contributed by atoms with Gasteiger partial charge in [-0.3, -0.25) is 4.79 Å². The molecule has 158 valence electrons. The molecule has 0 radical (unpaired) electrons. The van der Waals surface area contributed by atoms with Gasteiger partial charge in [0.1, 0.15) is 17.7 Å². The predicted octanol–water partition coefficient (Wildman–Crippen LogP) is 6.05. The maximum atomic E-state index is 12.2. The van der Waals surface area contributed by atoms with Crippen LogP contribution < -0.4 is 5.32 Å². The number of rotatable bonds is 5. The van der Waals surface area contributed by atoms with Crippen molar-refractivity contribution in [1.29, 1.82) is 5.26 Å². The molecule has 1 aromatic carbocycles. The number of carbonyl (C=O) groups excluding carboxylic acids is 1. The topological polar surface area (TPSA) is 94.5 Å². The number of hydrogen-bond acceptors (Lipinski definition) is 5. The van der Waals surface area contributed by atoms with Crippen molar-refractivity contribution in [2.75, 3.05) is 5.32 Å². The molecular formula is C24H18ClN5OS. The van der Waals surface area contributed by atoms with Crippen LogP contribution in [0.1, 0.15) is 24.0 Å². The van der Waals surface area contributed by atoms with Crippen molar-refractivity contribution in [3.05, 3.63) is 65.1 Å². The van der Waals surface area contributed by atoms with E-state index in [1.807, 2.05) is 31.2 Å². The lowest BCUT2D eigenvalue weighted by Gasteiger charge is -2.08. The Morgan fingerprint density at radius 3 is 2.75 bits per heavy atom. The first kappa shape index (κ1) is 20.4. The van der Waals surface area contributed by atoms with Gasteiger partial charge in [0, 0.05) is 40.7 Å². The summed E-state index contributed by atoms with van der Waals surface area (Å²) < 4.78 is 0. The second kappa shape index (κ2) is 8.23. The molecule has 1 aliphatic carbocycles. The van der Waals surface area contributed by atoms with Crippen molar-refractivity contribution >= 4 is 34.7 Å². The van der Waals surface area contributed by atoms with E-state index in [0.29, 0.717) is 22.2 Å². The average molecular weight is 460 g/mol. The third-order valence-electron chi connectivity index (χ3n) is 5.35. The second-order valence-electron chi connectivity index (χ2n) is 7.74. The Hall–Kier alpha value is -3.47. The zero-order valence-corrected chi connectivity index (χ0v) is 18.7. The molecule has 1 fully saturated rings. The molecule has 1 saturated carbocycles. The second-order valence-corrected chi connectivity index (χ2v) is 9.16. The summed E-state index contributed by atoms with van der Waals surface area (Å²) in [5, 5.41) is 13.6. The normalized spacial score (nSPS) is 13.0. The molecule has 2 N–H and O–H groups in total. The number of pyridine rings is 1. The number of H-pyrrole nitrogens is 1. The molecule has 1 aliphatic rings. The van der Waals surface area contributed by atoms with Crippen molar-refractivity contribution in [3.8, 4) is 38.3 Å². The van der Waals surface area contributed by atoms with Crippen molar-refractivity contribution in [2.45, 2.75) is 19.8 Å². The van der Waals surface area contributed by atoms with Crippen molar-refractivity contribution in [3.63, 3.8) is 0 Å². The Kier molecular flexibility index (Phi) is 5.25. The molecule has 8 heteroatoms. The van der Waals surface area contributed by atoms with E-state index in [1.165, 1.54) is 11.3 Å². The number of amides is 1. The number of thiophene rings is 1. The van der Waals surface area contributed by atoms with Gasteiger partial charge in [-0.2, -0.15) is 5.26 Å². The lowest BCUT2D eigenvalue weighted by molar-refractivity contribution is -0.117. The highest BCUT2D eigenvalue weighted by Gasteiger charge is 2.30. The zero-order chi connectivity index (χ0) is 22.2. The highest BCUT2D eigenvalue weighted by molar-refractivity contribution is 7.19. The highest BCUT2D eigenvalue weighted by Crippen LogP contribution is 2.48. The van der Waals surface area contributed by atoms with Crippen LogP contribution in [0.2, 0.25) is 5.02 Å². The quantitative estimate of drug-likeness (QED) is 0.379. The lowest BCUT2D eigenvalue weighted by Crippen LogP contribution is -2.14. The molecule has 0 bridgehead atoms. The molecule has 5 rings (SSSR count). The molecule has 32 heavy (non-hydrogen) atoms. The fraction of sp³-hybridized carbons (Fsp3) is 0.167. The first-order valence-corrected chi connectivity index (χ1v) is 11.3. The predicted molar refractivity (Wildman–Crippen MR) is 126 cm³/mol. The van der Waals surface area contributed by atoms with Gasteiger partial charge in [0.15, 0.2) is 0 Å². The van der Waals surface area contributed by atoms with Gasteiger partial charge in [0.2, 0.25) is 5.91 Å². The molecule has 0 unspecified atom stereocenters. The van der Waals surface area contributed by atoms with E-state index in [-0.39, 0.29) is 11.8 Å². The minimum absolute atomic E-state index is 0.00950. The van der Waals surface area contributed by atoms with Crippen LogP contribution in [0.4, 0.5) is 5.82 Å². The number of nitrogens with one attached hydrogen (secondary N) is 2. The molecule has 4 aromatic rings. The number of halogens is 1. The Balaban J connectivity index is 1.67. The number of aryl methyl sites for hydroxylation is 1. The van der Waals surface area contributed by atoms with E-state index >= 15 is 0 Å². The molecule has 3 aromatic heterocycles. The van der Waals surface area contributed by atoms with Crippen LogP contribution in [0, 0.1) is 24.2 Å². The van der Waals surface area contributed by atoms with E-state index in [4.69, 9.17) is 11.6 Å². The third kappa shape index (κ3) is 3.79. The van der Waals surface area contributed by atoms with Crippen LogP contribution in [-0.2, 0) is 4.79 Å². The number of imidazole rings is 1. The summed E-state index contributed by atoms with van der Waals surface area (Å²) in [6, 6.07) is 11.8. The largest absolute Gasteiger partial charge is 0.344 e. The smallest absolute Gasteiger partial charge is 0.228 e. The third-order valence-corrected chi connectivity index (χ3v) is 6.91. The fourth-order valence-electron chi connectivity index (χ4n) is 3.59. The van der Waals surface area contributed by atoms with Gasteiger partial charge in [-0.1, -0.05) is 23.7 Å². The summed E-state index contributed by atoms with van der Waals surface area (Å²) in [5.74, 6) is 1.22. The van der Waals surface area contributed by atoms with Crippen molar-refractivity contribution in [1.82, 2.24) is 15.0 Å². The first-order chi connectivity index (χ1) is 15.5. The molecule has 0 atom stereocenters. The summed E-state index contributed by atoms with van der Waals surface area (Å²) in [7, 11) is 0. The molecule has 1 amide bonds. The number of nitrogens with zero attached hydrogens (tertiary/aromatic N) is 3. The van der Waals surface area contributed by atoms with Gasteiger partial charge in [0.25, 0.3) is 0 Å². The number of nitriles is 1. The number of anilines is 1. The number of benzene rings is 1. The number of carbonyl (C=O) groups is 1. The highest BCUT2D eigenvalue weighted by atomic mass is 35.5. The number of aromatic nitrogens is 3. The van der Waals surface area contributed by atoms with E-state index in [9.17, 15) is 10.1 Å². The summed E-state index contributed by atoms with van der Waals surface area (Å²) in [5.41, 5.74) is 3.87. The molecule has 0 aliphatic heterocycles. The number of hydrogen-bond donors (Lipinski definition) is 2. The maximum absolute atomic E-state index is 12.2. The molecular weight excluding hydrogens is 442 g/mol. The average Bonchev–Trinajstić information content (AvgIpc) is 3.36. The molecule has 0 saturated heterocycles. The number of aromatic amines is 1. The van der Waals surface area contributed by atoms with E-state index in [2.05, 4.69) is 26.3 Å². The molecule has 6 nitrogen and oxygen atoms in total. The van der Waals surface area contributed by atoms with Crippen LogP contribution in [-0.4, -0.2) is 20.9 Å². The minimum Gasteiger partial charge on any atom is -0.344 e. The van der Waals surface area contributed by atoms with Crippen molar-refractivity contribution in [2.24, 2.45) is 5.92 Å². The van der Waals surface area contributed by atoms with Gasteiger partial charge in [0.05, 0.1) is 15.3 Å². The van der Waals surface area contributed by atoms with Crippen molar-refractivity contribution < 1.29 is 4.79 Å². The van der Waals surface area contributed by atoms with E-state index in [0.717, 1.165) is 44.8 Å². The van der Waals surface area contributed by atoms with E-state index < -0.39 is 0 Å². The SMILES string of the molecule is Cc1ccc(-c2c(-c3ncc[nH]3)sc(-c3ccnc(NC(=O)C4CC4)c3)c2C#N)c(Cl)c1. The summed E-state index contributed by atoms with van der Waals surface area (Å²) in [6.45, 7) is 1.97. The lowest BCUT2D eigenvalue weighted by atomic mass is 9.97. The van der Waals surface area contributed by atoms with Gasteiger partial charge >= 0.3 is 0 Å². The van der Waals surface area contributed by atoms with Crippen LogP contribution in [0.15, 0.2) is 48.9 Å². The maximum Gasteiger partial charge on any atom is 0.228 e. The minimum atomic E-state index is -0.00950. The Labute approximate surface area is 193 Å². The fourth-order valence-corrected chi connectivity index (χ4v) is 5.14. The van der Waals surface area contributed by atoms with Crippen LogP contribution in [0.5, 0.6) is 0 Å². The van der Waals surface area contributed by atoms with Crippen LogP contribution in [0.25, 0.3) is 32.3 Å². The Morgan fingerprint density at radius 2 is 2.06 bits per heavy atom. The van der Waals surface area contributed by atoms with E-state index in [1.54, 1.807) is 24.7 Å². The van der Waals surface area contributed by atoms with Crippen LogP contribution in [0.3, 0.4) is 0 Å². The summed E-state index contributed by atoms with van der Waals surface area (Å²) >= 11 is 8.07. The molecule has 0 spiro atoms. The zero-order valence-electron chi connectivity index (χ0n) is 17.1. The van der Waals surface area contributed by atoms with Gasteiger partial charge in [-0.15, -0.1) is 11.3 Å². The van der Waals surface area contributed by atoms with Gasteiger partial charge in [-0.25, -0.2) is 9.97 Å². The Morgan fingerprint density at radius 1 is 1.22 bits per heavy atom. The standard InChI is InChI=1S/C24H18ClN5OS/c1-13-2-5-16(18(25)10-13)20-17(12-26)21(32-22(20)23-28-8-9-29-23)15-6-7-27-19(11-15)30-24(31)14-3-4-14/h2,5-11,14H,3-4H2,1H3,(H,28,29)(H,27,30,31). The first-order valence-electron chi connectivity index (χ1n) is 10.2. The molecule has 3 heterocycles. The monoisotopic (exact) mass is 459 g/mol. The Bertz CT molecular complexity index is 1370. The summed E-state index contributed by atoms with van der Waals surface area (Å²) in [6.07, 6.45) is 6.91. The van der Waals surface area contributed by atoms with Crippen LogP contribution >= 0.6 is 22.9 Å².